The fourth-order valence-corrected chi connectivity index (χ4v) is 7.25. The van der Waals surface area contributed by atoms with E-state index in [2.05, 4.69) is 40.7 Å². The van der Waals surface area contributed by atoms with Gasteiger partial charge in [0, 0.05) is 61.8 Å². The lowest BCUT2D eigenvalue weighted by Gasteiger charge is -2.47. The van der Waals surface area contributed by atoms with E-state index in [4.69, 9.17) is 9.47 Å². The van der Waals surface area contributed by atoms with Crippen molar-refractivity contribution in [2.24, 2.45) is 0 Å². The number of halogens is 1. The highest BCUT2D eigenvalue weighted by Gasteiger charge is 2.44. The number of benzene rings is 1. The molecule has 13 heteroatoms. The molecule has 12 nitrogen and oxygen atoms in total. The summed E-state index contributed by atoms with van der Waals surface area (Å²) in [6.45, 7) is 18.1. The van der Waals surface area contributed by atoms with Crippen LogP contribution in [-0.2, 0) is 19.7 Å². The van der Waals surface area contributed by atoms with Gasteiger partial charge in [0.05, 0.1) is 31.1 Å². The minimum absolute atomic E-state index is 0.0820. The van der Waals surface area contributed by atoms with E-state index in [0.29, 0.717) is 61.9 Å². The maximum Gasteiger partial charge on any atom is 0.410 e. The van der Waals surface area contributed by atoms with Gasteiger partial charge >= 0.3 is 6.09 Å². The van der Waals surface area contributed by atoms with E-state index in [1.165, 1.54) is 18.5 Å². The smallest absolute Gasteiger partial charge is 0.410 e. The fourth-order valence-electron chi connectivity index (χ4n) is 7.25. The van der Waals surface area contributed by atoms with Gasteiger partial charge in [0.15, 0.2) is 5.65 Å². The van der Waals surface area contributed by atoms with Crippen LogP contribution in [0.3, 0.4) is 0 Å². The second-order valence-corrected chi connectivity index (χ2v) is 15.1. The molecule has 48 heavy (non-hydrogen) atoms. The van der Waals surface area contributed by atoms with Crippen LogP contribution in [0.25, 0.3) is 5.65 Å². The molecule has 4 atom stereocenters. The van der Waals surface area contributed by atoms with Crippen molar-refractivity contribution >= 4 is 23.3 Å². The SMILES string of the molecule is C[C@@H]1COCCN1C[C@H]1CN(C(=O)OC(C)(C)C)[C@H](C)CN1CC(=O)N1CC(C)(C)c2c1cc(C(O)c1ccc(F)cc1)c1ncnn21. The number of anilines is 1. The first-order chi connectivity index (χ1) is 22.6. The van der Waals surface area contributed by atoms with Gasteiger partial charge in [0.2, 0.25) is 5.91 Å². The van der Waals surface area contributed by atoms with Crippen LogP contribution in [0, 0.1) is 5.82 Å². The van der Waals surface area contributed by atoms with Crippen LogP contribution in [0.4, 0.5) is 14.9 Å². The maximum absolute atomic E-state index is 14.4. The van der Waals surface area contributed by atoms with Crippen molar-refractivity contribution in [3.63, 3.8) is 0 Å². The van der Waals surface area contributed by atoms with Crippen LogP contribution in [-0.4, -0.2) is 123 Å². The number of nitrogens with zero attached hydrogens (tertiary/aromatic N) is 7. The summed E-state index contributed by atoms with van der Waals surface area (Å²) in [5, 5.41) is 16.0. The van der Waals surface area contributed by atoms with Gasteiger partial charge in [0.1, 0.15) is 23.8 Å². The first-order valence-corrected chi connectivity index (χ1v) is 16.8. The number of pyridine rings is 1. The number of rotatable bonds is 6. The van der Waals surface area contributed by atoms with Crippen LogP contribution in [0.2, 0.25) is 0 Å². The molecule has 1 unspecified atom stereocenters. The normalized spacial score (nSPS) is 24.1. The Morgan fingerprint density at radius 3 is 2.54 bits per heavy atom. The lowest BCUT2D eigenvalue weighted by molar-refractivity contribution is -0.121. The molecule has 0 aliphatic carbocycles. The van der Waals surface area contributed by atoms with Crippen molar-refractivity contribution < 1.29 is 28.6 Å². The van der Waals surface area contributed by atoms with Crippen molar-refractivity contribution in [3.05, 3.63) is 59.3 Å². The topological polar surface area (TPSA) is 116 Å². The molecule has 0 spiro atoms. The van der Waals surface area contributed by atoms with Gasteiger partial charge in [-0.25, -0.2) is 18.7 Å². The third-order valence-corrected chi connectivity index (χ3v) is 9.69. The summed E-state index contributed by atoms with van der Waals surface area (Å²) in [5.74, 6) is -0.477. The Bertz CT molecular complexity index is 1660. The van der Waals surface area contributed by atoms with Crippen molar-refractivity contribution in [2.75, 3.05) is 57.4 Å². The predicted molar refractivity (Wildman–Crippen MR) is 178 cm³/mol. The lowest BCUT2D eigenvalue weighted by atomic mass is 9.90. The zero-order valence-electron chi connectivity index (χ0n) is 29.0. The number of ether oxygens (including phenoxy) is 2. The number of hydrogen-bond donors (Lipinski definition) is 1. The lowest BCUT2D eigenvalue weighted by Crippen LogP contribution is -2.64. The molecule has 6 rings (SSSR count). The van der Waals surface area contributed by atoms with E-state index < -0.39 is 22.9 Å². The minimum atomic E-state index is -1.11. The molecular formula is C35H48FN7O5. The first kappa shape index (κ1) is 34.2. The van der Waals surface area contributed by atoms with Gasteiger partial charge in [-0.3, -0.25) is 14.6 Å². The molecule has 5 heterocycles. The monoisotopic (exact) mass is 665 g/mol. The number of aliphatic hydroxyl groups excluding tert-OH is 1. The molecule has 1 N–H and O–H groups in total. The number of piperazine rings is 1. The molecule has 260 valence electrons. The molecule has 2 fully saturated rings. The highest BCUT2D eigenvalue weighted by Crippen LogP contribution is 2.43. The van der Waals surface area contributed by atoms with Gasteiger partial charge in [-0.1, -0.05) is 26.0 Å². The summed E-state index contributed by atoms with van der Waals surface area (Å²) in [7, 11) is 0. The van der Waals surface area contributed by atoms with Crippen LogP contribution in [0.15, 0.2) is 36.7 Å². The Balaban J connectivity index is 1.30. The summed E-state index contributed by atoms with van der Waals surface area (Å²) >= 11 is 0. The zero-order valence-corrected chi connectivity index (χ0v) is 29.0. The quantitative estimate of drug-likeness (QED) is 0.422. The number of carbonyl (C=O) groups excluding carboxylic acids is 2. The van der Waals surface area contributed by atoms with E-state index >= 15 is 0 Å². The summed E-state index contributed by atoms with van der Waals surface area (Å²) < 4.78 is 26.9. The number of fused-ring (bicyclic) bond motifs is 3. The highest BCUT2D eigenvalue weighted by molar-refractivity contribution is 5.98. The fraction of sp³-hybridized carbons (Fsp3) is 0.600. The van der Waals surface area contributed by atoms with E-state index in [0.717, 1.165) is 12.2 Å². The molecule has 3 aliphatic rings. The minimum Gasteiger partial charge on any atom is -0.444 e. The summed E-state index contributed by atoms with van der Waals surface area (Å²) in [6.07, 6.45) is -0.00920. The third kappa shape index (κ3) is 6.78. The van der Waals surface area contributed by atoms with Crippen LogP contribution < -0.4 is 4.90 Å². The first-order valence-electron chi connectivity index (χ1n) is 16.8. The maximum atomic E-state index is 14.4. The van der Waals surface area contributed by atoms with Gasteiger partial charge in [0.25, 0.3) is 0 Å². The molecule has 2 saturated heterocycles. The highest BCUT2D eigenvalue weighted by atomic mass is 19.1. The molecule has 0 saturated carbocycles. The standard InChI is InChI=1S/C35H48FN7O5/c1-22-15-40(26(16-39-12-13-47-19-23(39)2)17-41(22)33(46)48-34(3,4)5)18-29(44)42-20-35(6,7)31-28(42)14-27(32-37-21-38-43(31)32)30(45)24-8-10-25(36)11-9-24/h8-11,14,21-23,26,30,45H,12-13,15-20H2,1-7H3/t22-,23-,26+,30?/m1/s1. The molecule has 0 bridgehead atoms. The Hall–Kier alpha value is -3.65. The van der Waals surface area contributed by atoms with Crippen LogP contribution in [0.1, 0.15) is 71.4 Å². The van der Waals surface area contributed by atoms with E-state index in [9.17, 15) is 19.1 Å². The van der Waals surface area contributed by atoms with Crippen molar-refractivity contribution in [1.29, 1.82) is 0 Å². The Kier molecular flexibility index (Phi) is 9.26. The second kappa shape index (κ2) is 13.0. The van der Waals surface area contributed by atoms with Gasteiger partial charge in [-0.05, 0) is 58.4 Å². The van der Waals surface area contributed by atoms with Gasteiger partial charge < -0.3 is 24.4 Å². The number of amides is 2. The van der Waals surface area contributed by atoms with Crippen molar-refractivity contribution in [3.8, 4) is 0 Å². The predicted octanol–water partition coefficient (Wildman–Crippen LogP) is 3.60. The van der Waals surface area contributed by atoms with Crippen molar-refractivity contribution in [2.45, 2.75) is 83.7 Å². The zero-order chi connectivity index (χ0) is 34.5. The molecule has 3 aromatic rings. The number of hydrogen-bond acceptors (Lipinski definition) is 9. The van der Waals surface area contributed by atoms with E-state index in [1.807, 2.05) is 33.8 Å². The van der Waals surface area contributed by atoms with E-state index in [1.54, 1.807) is 26.4 Å². The summed E-state index contributed by atoms with van der Waals surface area (Å²) in [6, 6.07) is 7.47. The number of morpholine rings is 1. The molecule has 0 radical (unpaired) electrons. The number of carbonyl (C=O) groups is 2. The van der Waals surface area contributed by atoms with Gasteiger partial charge in [-0.2, -0.15) is 5.10 Å². The Labute approximate surface area is 281 Å². The largest absolute Gasteiger partial charge is 0.444 e. The number of aromatic nitrogens is 3. The molecule has 3 aliphatic heterocycles. The summed E-state index contributed by atoms with van der Waals surface area (Å²) in [4.78, 5) is 40.3. The van der Waals surface area contributed by atoms with Crippen LogP contribution >= 0.6 is 0 Å². The number of aliphatic hydroxyl groups is 1. The van der Waals surface area contributed by atoms with Gasteiger partial charge in [-0.15, -0.1) is 0 Å². The van der Waals surface area contributed by atoms with Crippen LogP contribution in [0.5, 0.6) is 0 Å². The molecule has 1 aromatic carbocycles. The molecular weight excluding hydrogens is 617 g/mol. The molecule has 2 aromatic heterocycles. The third-order valence-electron chi connectivity index (χ3n) is 9.69. The Morgan fingerprint density at radius 2 is 1.85 bits per heavy atom. The summed E-state index contributed by atoms with van der Waals surface area (Å²) in [5.41, 5.74) is 1.90. The average molecular weight is 666 g/mol. The Morgan fingerprint density at radius 1 is 1.12 bits per heavy atom. The second-order valence-electron chi connectivity index (χ2n) is 15.1. The average Bonchev–Trinajstić information content (AvgIpc) is 3.60. The van der Waals surface area contributed by atoms with E-state index in [-0.39, 0.29) is 36.7 Å². The molecule has 2 amide bonds. The van der Waals surface area contributed by atoms with Crippen molar-refractivity contribution in [1.82, 2.24) is 29.3 Å².